The summed E-state index contributed by atoms with van der Waals surface area (Å²) in [6.07, 6.45) is 0. The molecular weight excluding hydrogens is 342 g/mol. The van der Waals surface area contributed by atoms with Crippen molar-refractivity contribution in [3.05, 3.63) is 53.0 Å². The predicted molar refractivity (Wildman–Crippen MR) is 79.6 cm³/mol. The smallest absolute Gasteiger partial charge is 0.222 e. The van der Waals surface area contributed by atoms with Crippen molar-refractivity contribution in [2.75, 3.05) is 0 Å². The number of aromatic amines is 1. The molecule has 3 rings (SSSR count). The molecule has 3 aromatic rings. The van der Waals surface area contributed by atoms with Crippen molar-refractivity contribution in [2.24, 2.45) is 0 Å². The Kier molecular flexibility index (Phi) is 3.07. The molecule has 4 nitrogen and oxygen atoms in total. The average Bonchev–Trinajstić information content (AvgIpc) is 2.78. The third-order valence-corrected chi connectivity index (χ3v) is 5.83. The summed E-state index contributed by atoms with van der Waals surface area (Å²) >= 11 is 3.30. The number of sulfone groups is 1. The summed E-state index contributed by atoms with van der Waals surface area (Å²) in [5.74, 6) is 0.0841. The first-order chi connectivity index (χ1) is 9.50. The maximum absolute atomic E-state index is 12.6. The predicted octanol–water partition coefficient (Wildman–Crippen LogP) is 3.47. The van der Waals surface area contributed by atoms with E-state index in [1.807, 2.05) is 0 Å². The number of aromatic hydroxyl groups is 1. The highest BCUT2D eigenvalue weighted by molar-refractivity contribution is 9.10. The zero-order valence-corrected chi connectivity index (χ0v) is 12.6. The van der Waals surface area contributed by atoms with Crippen molar-refractivity contribution in [3.63, 3.8) is 0 Å². The Bertz CT molecular complexity index is 885. The van der Waals surface area contributed by atoms with E-state index in [2.05, 4.69) is 20.9 Å². The molecule has 0 aliphatic carbocycles. The Morgan fingerprint density at radius 1 is 1.05 bits per heavy atom. The van der Waals surface area contributed by atoms with E-state index in [4.69, 9.17) is 0 Å². The van der Waals surface area contributed by atoms with Gasteiger partial charge in [-0.1, -0.05) is 18.2 Å². The van der Waals surface area contributed by atoms with Gasteiger partial charge in [0.2, 0.25) is 9.84 Å². The van der Waals surface area contributed by atoms with Crippen LogP contribution in [-0.4, -0.2) is 18.5 Å². The molecule has 0 saturated heterocycles. The number of hydrogen-bond donors (Lipinski definition) is 2. The zero-order chi connectivity index (χ0) is 14.3. The Morgan fingerprint density at radius 2 is 1.75 bits per heavy atom. The van der Waals surface area contributed by atoms with Crippen LogP contribution in [0.3, 0.4) is 0 Å². The summed E-state index contributed by atoms with van der Waals surface area (Å²) in [7, 11) is -3.63. The number of benzene rings is 2. The molecule has 0 aliphatic rings. The number of hydrogen-bond acceptors (Lipinski definition) is 3. The van der Waals surface area contributed by atoms with Gasteiger partial charge in [-0.3, -0.25) is 0 Å². The van der Waals surface area contributed by atoms with Gasteiger partial charge < -0.3 is 10.1 Å². The Labute approximate surface area is 124 Å². The molecule has 20 heavy (non-hydrogen) atoms. The van der Waals surface area contributed by atoms with Crippen molar-refractivity contribution in [1.29, 1.82) is 0 Å². The minimum atomic E-state index is -3.63. The summed E-state index contributed by atoms with van der Waals surface area (Å²) in [5.41, 5.74) is 0.643. The average molecular weight is 352 g/mol. The molecule has 0 aliphatic heterocycles. The van der Waals surface area contributed by atoms with Crippen molar-refractivity contribution in [1.82, 2.24) is 4.98 Å². The highest BCUT2D eigenvalue weighted by atomic mass is 79.9. The fraction of sp³-hybridized carbons (Fsp3) is 0. The van der Waals surface area contributed by atoms with Crippen LogP contribution in [0.4, 0.5) is 0 Å². The molecular formula is C14H10BrNO3S. The maximum Gasteiger partial charge on any atom is 0.222 e. The number of H-pyrrole nitrogens is 1. The fourth-order valence-electron chi connectivity index (χ4n) is 2.02. The minimum absolute atomic E-state index is 0.0841. The van der Waals surface area contributed by atoms with Crippen LogP contribution in [0.15, 0.2) is 62.9 Å². The molecule has 2 N–H and O–H groups in total. The third kappa shape index (κ3) is 2.01. The summed E-state index contributed by atoms with van der Waals surface area (Å²) in [6, 6.07) is 12.9. The van der Waals surface area contributed by atoms with Crippen molar-refractivity contribution < 1.29 is 13.5 Å². The second-order valence-corrected chi connectivity index (χ2v) is 6.99. The van der Waals surface area contributed by atoms with Gasteiger partial charge in [-0.25, -0.2) is 8.42 Å². The van der Waals surface area contributed by atoms with E-state index in [0.29, 0.717) is 15.4 Å². The van der Waals surface area contributed by atoms with E-state index in [1.54, 1.807) is 36.4 Å². The molecule has 102 valence electrons. The largest absolute Gasteiger partial charge is 0.508 e. The number of rotatable bonds is 2. The molecule has 0 amide bonds. The van der Waals surface area contributed by atoms with E-state index in [-0.39, 0.29) is 15.7 Å². The van der Waals surface area contributed by atoms with Crippen molar-refractivity contribution >= 4 is 36.7 Å². The molecule has 1 aromatic heterocycles. The van der Waals surface area contributed by atoms with Crippen LogP contribution < -0.4 is 0 Å². The Morgan fingerprint density at radius 3 is 2.45 bits per heavy atom. The maximum atomic E-state index is 12.6. The van der Waals surface area contributed by atoms with E-state index >= 15 is 0 Å². The lowest BCUT2D eigenvalue weighted by molar-refractivity contribution is 0.476. The monoisotopic (exact) mass is 351 g/mol. The lowest BCUT2D eigenvalue weighted by atomic mass is 10.2. The van der Waals surface area contributed by atoms with Crippen LogP contribution in [0.25, 0.3) is 10.9 Å². The first-order valence-electron chi connectivity index (χ1n) is 5.80. The molecule has 0 unspecified atom stereocenters. The molecule has 0 saturated carbocycles. The summed E-state index contributed by atoms with van der Waals surface area (Å²) in [4.78, 5) is 3.10. The number of phenols is 1. The molecule has 1 heterocycles. The fourth-order valence-corrected chi connectivity index (χ4v) is 4.43. The molecule has 0 radical (unpaired) electrons. The Balaban J connectivity index is 2.28. The summed E-state index contributed by atoms with van der Waals surface area (Å²) in [5, 5.41) is 10.2. The molecule has 0 spiro atoms. The molecule has 0 atom stereocenters. The van der Waals surface area contributed by atoms with Crippen LogP contribution >= 0.6 is 15.9 Å². The highest BCUT2D eigenvalue weighted by Crippen LogP contribution is 2.35. The van der Waals surface area contributed by atoms with Gasteiger partial charge in [-0.05, 0) is 46.3 Å². The van der Waals surface area contributed by atoms with Crippen LogP contribution in [-0.2, 0) is 9.84 Å². The Hall–Kier alpha value is -1.79. The van der Waals surface area contributed by atoms with Gasteiger partial charge >= 0.3 is 0 Å². The van der Waals surface area contributed by atoms with E-state index in [1.165, 1.54) is 12.1 Å². The van der Waals surface area contributed by atoms with Crippen LogP contribution in [0, 0.1) is 0 Å². The lowest BCUT2D eigenvalue weighted by Gasteiger charge is -2.02. The number of halogens is 1. The second-order valence-electron chi connectivity index (χ2n) is 4.31. The molecule has 0 bridgehead atoms. The topological polar surface area (TPSA) is 70.2 Å². The zero-order valence-electron chi connectivity index (χ0n) is 10.2. The van der Waals surface area contributed by atoms with E-state index in [9.17, 15) is 13.5 Å². The van der Waals surface area contributed by atoms with Crippen molar-refractivity contribution in [3.8, 4) is 5.75 Å². The van der Waals surface area contributed by atoms with Gasteiger partial charge in [-0.2, -0.15) is 0 Å². The number of aromatic nitrogens is 1. The second kappa shape index (κ2) is 4.64. The quantitative estimate of drug-likeness (QED) is 0.742. The summed E-state index contributed by atoms with van der Waals surface area (Å²) < 4.78 is 25.6. The van der Waals surface area contributed by atoms with Gasteiger partial charge in [0, 0.05) is 10.9 Å². The van der Waals surface area contributed by atoms with Gasteiger partial charge in [0.15, 0.2) is 5.03 Å². The van der Waals surface area contributed by atoms with Gasteiger partial charge in [0.25, 0.3) is 0 Å². The molecule has 6 heteroatoms. The standard InChI is InChI=1S/C14H10BrNO3S/c15-13-11-8-9(17)6-7-12(11)16-14(13)20(18,19)10-4-2-1-3-5-10/h1-8,16-17H. The minimum Gasteiger partial charge on any atom is -0.508 e. The number of fused-ring (bicyclic) bond motifs is 1. The number of nitrogens with one attached hydrogen (secondary N) is 1. The highest BCUT2D eigenvalue weighted by Gasteiger charge is 2.24. The first-order valence-corrected chi connectivity index (χ1v) is 8.08. The van der Waals surface area contributed by atoms with E-state index in [0.717, 1.165) is 0 Å². The SMILES string of the molecule is O=S(=O)(c1ccccc1)c1[nH]c2ccc(O)cc2c1Br. The van der Waals surface area contributed by atoms with Gasteiger partial charge in [-0.15, -0.1) is 0 Å². The first kappa shape index (κ1) is 13.2. The van der Waals surface area contributed by atoms with E-state index < -0.39 is 9.84 Å². The van der Waals surface area contributed by atoms with Crippen molar-refractivity contribution in [2.45, 2.75) is 9.92 Å². The normalized spacial score (nSPS) is 11.8. The number of phenolic OH excluding ortho intramolecular Hbond substituents is 1. The van der Waals surface area contributed by atoms with Crippen LogP contribution in [0.5, 0.6) is 5.75 Å². The molecule has 2 aromatic carbocycles. The molecule has 0 fully saturated rings. The van der Waals surface area contributed by atoms with Crippen LogP contribution in [0.2, 0.25) is 0 Å². The summed E-state index contributed by atoms with van der Waals surface area (Å²) in [6.45, 7) is 0. The van der Waals surface area contributed by atoms with Gasteiger partial charge in [0.1, 0.15) is 5.75 Å². The third-order valence-electron chi connectivity index (χ3n) is 3.01. The van der Waals surface area contributed by atoms with Crippen LogP contribution in [0.1, 0.15) is 0 Å². The van der Waals surface area contributed by atoms with Gasteiger partial charge in [0.05, 0.1) is 9.37 Å². The lowest BCUT2D eigenvalue weighted by Crippen LogP contribution is -2.02.